The Morgan fingerprint density at radius 3 is 2.03 bits per heavy atom. The lowest BCUT2D eigenvalue weighted by Gasteiger charge is -2.28. The molecule has 0 bridgehead atoms. The summed E-state index contributed by atoms with van der Waals surface area (Å²) in [7, 11) is -3.68. The van der Waals surface area contributed by atoms with Gasteiger partial charge in [0.05, 0.1) is 24.8 Å². The zero-order valence-corrected chi connectivity index (χ0v) is 21.8. The largest absolute Gasteiger partial charge is 0.345 e. The highest BCUT2D eigenvalue weighted by molar-refractivity contribution is 7.88. The first-order valence-electron chi connectivity index (χ1n) is 11.8. The Hall–Kier alpha value is -3.02. The molecule has 2 aromatic rings. The molecule has 4 N–H and O–H groups in total. The average molecular weight is 538 g/mol. The van der Waals surface area contributed by atoms with Crippen molar-refractivity contribution in [2.75, 3.05) is 12.8 Å². The highest BCUT2D eigenvalue weighted by Gasteiger charge is 2.48. The van der Waals surface area contributed by atoms with Crippen LogP contribution < -0.4 is 15.8 Å². The Labute approximate surface area is 216 Å². The van der Waals surface area contributed by atoms with Gasteiger partial charge in [-0.15, -0.1) is 0 Å². The van der Waals surface area contributed by atoms with Crippen LogP contribution in [0, 0.1) is 11.8 Å². The lowest BCUT2D eigenvalue weighted by Crippen LogP contribution is -2.53. The number of hydrogen-bond donors (Lipinski definition) is 3. The molecule has 1 unspecified atom stereocenters. The highest BCUT2D eigenvalue weighted by atomic mass is 32.2. The van der Waals surface area contributed by atoms with Crippen molar-refractivity contribution in [1.29, 1.82) is 0 Å². The van der Waals surface area contributed by atoms with Crippen molar-refractivity contribution in [3.05, 3.63) is 71.8 Å². The third-order valence-corrected chi connectivity index (χ3v) is 6.46. The molecule has 0 fully saturated rings. The number of Topliss-reactive ketones (excluding diaryl/α,β-unsaturated/α-hetero) is 2. The van der Waals surface area contributed by atoms with E-state index in [4.69, 9.17) is 5.73 Å². The third-order valence-electron chi connectivity index (χ3n) is 5.79. The van der Waals surface area contributed by atoms with E-state index < -0.39 is 70.3 Å². The van der Waals surface area contributed by atoms with Crippen molar-refractivity contribution in [1.82, 2.24) is 10.0 Å². The summed E-state index contributed by atoms with van der Waals surface area (Å²) in [4.78, 5) is 39.1. The number of nitrogens with two attached hydrogens (primary N) is 1. The second kappa shape index (κ2) is 13.0. The summed E-state index contributed by atoms with van der Waals surface area (Å²) in [6.45, 7) is 2.52. The van der Waals surface area contributed by atoms with Crippen molar-refractivity contribution < 1.29 is 31.6 Å². The number of nitrogens with one attached hydrogen (secondary N) is 2. The molecular weight excluding hydrogens is 504 g/mol. The van der Waals surface area contributed by atoms with Crippen molar-refractivity contribution in [2.24, 2.45) is 17.6 Å². The summed E-state index contributed by atoms with van der Waals surface area (Å²) in [5.41, 5.74) is 6.87. The zero-order chi connectivity index (χ0) is 27.8. The molecule has 0 spiro atoms. The molecule has 2 rings (SSSR count). The average Bonchev–Trinajstić information content (AvgIpc) is 2.84. The Kier molecular flexibility index (Phi) is 10.6. The summed E-state index contributed by atoms with van der Waals surface area (Å²) in [5.74, 6) is -9.56. The maximum Gasteiger partial charge on any atom is 0.307 e. The van der Waals surface area contributed by atoms with E-state index in [-0.39, 0.29) is 6.42 Å². The second-order valence-corrected chi connectivity index (χ2v) is 11.2. The fourth-order valence-corrected chi connectivity index (χ4v) is 4.22. The number of sulfonamides is 1. The Balaban J connectivity index is 2.33. The molecule has 2 aromatic carbocycles. The molecule has 0 saturated carbocycles. The minimum Gasteiger partial charge on any atom is -0.345 e. The fourth-order valence-electron chi connectivity index (χ4n) is 3.83. The van der Waals surface area contributed by atoms with E-state index in [2.05, 4.69) is 5.32 Å². The molecule has 0 heterocycles. The third kappa shape index (κ3) is 9.42. The molecule has 0 aliphatic heterocycles. The summed E-state index contributed by atoms with van der Waals surface area (Å²) in [5, 5.41) is 2.39. The van der Waals surface area contributed by atoms with Gasteiger partial charge in [-0.05, 0) is 23.5 Å². The van der Waals surface area contributed by atoms with Crippen LogP contribution in [0.25, 0.3) is 0 Å². The second-order valence-electron chi connectivity index (χ2n) is 9.32. The van der Waals surface area contributed by atoms with Crippen LogP contribution in [0.3, 0.4) is 0 Å². The van der Waals surface area contributed by atoms with Gasteiger partial charge < -0.3 is 11.1 Å². The number of benzene rings is 2. The van der Waals surface area contributed by atoms with E-state index >= 15 is 8.78 Å². The van der Waals surface area contributed by atoms with E-state index in [1.807, 2.05) is 4.72 Å². The Morgan fingerprint density at radius 2 is 1.51 bits per heavy atom. The van der Waals surface area contributed by atoms with E-state index in [1.165, 1.54) is 0 Å². The van der Waals surface area contributed by atoms with Crippen LogP contribution in [-0.4, -0.2) is 50.7 Å². The van der Waals surface area contributed by atoms with Crippen LogP contribution in [0.15, 0.2) is 60.7 Å². The van der Waals surface area contributed by atoms with Gasteiger partial charge in [0.25, 0.3) is 0 Å². The monoisotopic (exact) mass is 537 g/mol. The maximum absolute atomic E-state index is 15.3. The summed E-state index contributed by atoms with van der Waals surface area (Å²) < 4.78 is 55.2. The first-order chi connectivity index (χ1) is 17.2. The van der Waals surface area contributed by atoms with Crippen molar-refractivity contribution in [3.63, 3.8) is 0 Å². The molecule has 202 valence electrons. The van der Waals surface area contributed by atoms with Crippen molar-refractivity contribution in [3.8, 4) is 0 Å². The Morgan fingerprint density at radius 1 is 0.973 bits per heavy atom. The fraction of sp³-hybridized carbons (Fsp3) is 0.423. The molecule has 11 heteroatoms. The minimum absolute atomic E-state index is 0.296. The van der Waals surface area contributed by atoms with Crippen LogP contribution in [-0.2, 0) is 30.8 Å². The maximum atomic E-state index is 15.3. The predicted molar refractivity (Wildman–Crippen MR) is 136 cm³/mol. The van der Waals surface area contributed by atoms with Gasteiger partial charge in [0.1, 0.15) is 0 Å². The summed E-state index contributed by atoms with van der Waals surface area (Å²) in [6, 6.07) is 14.0. The summed E-state index contributed by atoms with van der Waals surface area (Å²) >= 11 is 0. The van der Waals surface area contributed by atoms with Crippen molar-refractivity contribution in [2.45, 2.75) is 44.7 Å². The van der Waals surface area contributed by atoms with E-state index in [9.17, 15) is 22.8 Å². The quantitative estimate of drug-likeness (QED) is 0.317. The van der Waals surface area contributed by atoms with E-state index in [0.29, 0.717) is 11.1 Å². The van der Waals surface area contributed by atoms with Crippen molar-refractivity contribution >= 4 is 27.5 Å². The molecule has 0 aliphatic rings. The standard InChI is InChI=1S/C26H33F2N3O5S/c1-17(2)23(31-22(32)16-30-37(3,35)36)24(33)20(14-18-10-6-4-7-11-18)25(34)26(27,28)15-21(29)19-12-8-5-9-13-19/h4-13,17,20-21,23,30H,14-16,29H2,1-3H3,(H,31,32)/t20-,21?,23-/m0/s1. The van der Waals surface area contributed by atoms with Gasteiger partial charge in [0.15, 0.2) is 5.78 Å². The lowest BCUT2D eigenvalue weighted by atomic mass is 9.81. The molecule has 1 amide bonds. The summed E-state index contributed by atoms with van der Waals surface area (Å²) in [6.07, 6.45) is -0.428. The van der Waals surface area contributed by atoms with Gasteiger partial charge in [-0.1, -0.05) is 74.5 Å². The molecule has 0 radical (unpaired) electrons. The number of amides is 1. The van der Waals surface area contributed by atoms with Crippen LogP contribution >= 0.6 is 0 Å². The topological polar surface area (TPSA) is 135 Å². The lowest BCUT2D eigenvalue weighted by molar-refractivity contribution is -0.153. The van der Waals surface area contributed by atoms with Gasteiger partial charge in [-0.3, -0.25) is 14.4 Å². The number of alkyl halides is 2. The predicted octanol–water partition coefficient (Wildman–Crippen LogP) is 2.40. The van der Waals surface area contributed by atoms with Gasteiger partial charge in [0, 0.05) is 12.5 Å². The number of hydrogen-bond acceptors (Lipinski definition) is 6. The molecule has 0 saturated heterocycles. The van der Waals surface area contributed by atoms with E-state index in [1.54, 1.807) is 74.5 Å². The van der Waals surface area contributed by atoms with Crippen LogP contribution in [0.1, 0.15) is 37.4 Å². The first kappa shape index (κ1) is 30.2. The zero-order valence-electron chi connectivity index (χ0n) is 21.0. The molecule has 0 aliphatic carbocycles. The van der Waals surface area contributed by atoms with Crippen LogP contribution in [0.4, 0.5) is 8.78 Å². The molecule has 3 atom stereocenters. The van der Waals surface area contributed by atoms with Gasteiger partial charge in [-0.25, -0.2) is 13.1 Å². The van der Waals surface area contributed by atoms with Crippen LogP contribution in [0.5, 0.6) is 0 Å². The Bertz CT molecular complexity index is 1180. The van der Waals surface area contributed by atoms with Gasteiger partial charge in [-0.2, -0.15) is 8.78 Å². The smallest absolute Gasteiger partial charge is 0.307 e. The molecule has 37 heavy (non-hydrogen) atoms. The highest BCUT2D eigenvalue weighted by Crippen LogP contribution is 2.32. The minimum atomic E-state index is -3.92. The normalized spacial score (nSPS) is 14.6. The molecule has 0 aromatic heterocycles. The first-order valence-corrected chi connectivity index (χ1v) is 13.6. The van der Waals surface area contributed by atoms with Gasteiger partial charge in [0.2, 0.25) is 21.7 Å². The molecular formula is C26H33F2N3O5S. The molecule has 8 nitrogen and oxygen atoms in total. The SMILES string of the molecule is CC(C)[C@H](NC(=O)CNS(C)(=O)=O)C(=O)[C@H](Cc1ccccc1)C(=O)C(F)(F)CC(N)c1ccccc1. The number of ketones is 2. The van der Waals surface area contributed by atoms with Crippen LogP contribution in [0.2, 0.25) is 0 Å². The number of halogens is 2. The number of carbonyl (C=O) groups excluding carboxylic acids is 3. The number of carbonyl (C=O) groups is 3. The van der Waals surface area contributed by atoms with E-state index in [0.717, 1.165) is 6.26 Å². The van der Waals surface area contributed by atoms with Gasteiger partial charge >= 0.3 is 5.92 Å². The number of rotatable bonds is 14.